The highest BCUT2D eigenvalue weighted by molar-refractivity contribution is 5.76. The average Bonchev–Trinajstić information content (AvgIpc) is 3.22. The van der Waals surface area contributed by atoms with Gasteiger partial charge in [0.05, 0.1) is 18.8 Å². The second-order valence-corrected chi connectivity index (χ2v) is 17.9. The van der Waals surface area contributed by atoms with Crippen LogP contribution in [-0.2, 0) is 4.79 Å². The first kappa shape index (κ1) is 55.9. The standard InChI is InChI=1S/C53H103NO3/c1-3-5-7-9-11-13-15-17-19-21-22-23-24-25-26-27-28-29-30-31-33-35-37-39-41-43-45-47-49-53(57)54-51(50-55)52(56)48-46-44-42-40-38-36-34-32-20-18-16-14-12-10-8-6-4-2/h38,40,46,48,51-52,55-56H,3-37,39,41-45,47,49-50H2,1-2H3,(H,54,57)/b40-38+,48-46+. The van der Waals surface area contributed by atoms with E-state index in [4.69, 9.17) is 0 Å². The Morgan fingerprint density at radius 2 is 0.684 bits per heavy atom. The molecule has 0 aliphatic heterocycles. The van der Waals surface area contributed by atoms with Crippen molar-refractivity contribution in [2.75, 3.05) is 6.61 Å². The lowest BCUT2D eigenvalue weighted by Crippen LogP contribution is -2.45. The van der Waals surface area contributed by atoms with Gasteiger partial charge in [-0.2, -0.15) is 0 Å². The summed E-state index contributed by atoms with van der Waals surface area (Å²) in [5.41, 5.74) is 0. The molecule has 0 radical (unpaired) electrons. The minimum Gasteiger partial charge on any atom is -0.394 e. The zero-order valence-corrected chi connectivity index (χ0v) is 38.9. The van der Waals surface area contributed by atoms with Gasteiger partial charge in [-0.05, 0) is 32.1 Å². The highest BCUT2D eigenvalue weighted by atomic mass is 16.3. The van der Waals surface area contributed by atoms with Crippen LogP contribution in [-0.4, -0.2) is 34.9 Å². The minimum atomic E-state index is -0.858. The van der Waals surface area contributed by atoms with E-state index in [0.29, 0.717) is 6.42 Å². The summed E-state index contributed by atoms with van der Waals surface area (Å²) in [5.74, 6) is -0.0679. The molecule has 1 amide bonds. The number of allylic oxidation sites excluding steroid dienone is 3. The Hall–Kier alpha value is -1.13. The highest BCUT2D eigenvalue weighted by Crippen LogP contribution is 2.17. The van der Waals surface area contributed by atoms with E-state index in [1.165, 1.54) is 238 Å². The third-order valence-corrected chi connectivity index (χ3v) is 12.2. The van der Waals surface area contributed by atoms with Gasteiger partial charge in [0, 0.05) is 6.42 Å². The van der Waals surface area contributed by atoms with Gasteiger partial charge < -0.3 is 15.5 Å². The smallest absolute Gasteiger partial charge is 0.220 e. The number of aliphatic hydroxyl groups is 2. The quantitative estimate of drug-likeness (QED) is 0.0424. The molecule has 0 aliphatic rings. The summed E-state index contributed by atoms with van der Waals surface area (Å²) in [6, 6.07) is -0.635. The Bertz CT molecular complexity index is 825. The summed E-state index contributed by atoms with van der Waals surface area (Å²) in [7, 11) is 0. The monoisotopic (exact) mass is 802 g/mol. The van der Waals surface area contributed by atoms with Crippen molar-refractivity contribution in [2.45, 2.75) is 302 Å². The summed E-state index contributed by atoms with van der Waals surface area (Å²) >= 11 is 0. The lowest BCUT2D eigenvalue weighted by atomic mass is 10.0. The molecule has 0 aromatic heterocycles. The molecule has 0 spiro atoms. The summed E-state index contributed by atoms with van der Waals surface area (Å²) in [5, 5.41) is 23.1. The first-order chi connectivity index (χ1) is 28.2. The van der Waals surface area contributed by atoms with Crippen LogP contribution in [0.1, 0.15) is 290 Å². The fourth-order valence-electron chi connectivity index (χ4n) is 8.20. The molecule has 4 nitrogen and oxygen atoms in total. The Labute approximate surface area is 358 Å². The van der Waals surface area contributed by atoms with Crippen LogP contribution in [0.25, 0.3) is 0 Å². The maximum Gasteiger partial charge on any atom is 0.220 e. The van der Waals surface area contributed by atoms with Gasteiger partial charge in [0.15, 0.2) is 0 Å². The fraction of sp³-hybridized carbons (Fsp3) is 0.906. The van der Waals surface area contributed by atoms with E-state index in [0.717, 1.165) is 32.1 Å². The zero-order valence-electron chi connectivity index (χ0n) is 38.9. The molecule has 2 atom stereocenters. The molecular formula is C53H103NO3. The maximum absolute atomic E-state index is 12.4. The molecule has 338 valence electrons. The summed E-state index contributed by atoms with van der Waals surface area (Å²) in [4.78, 5) is 12.4. The van der Waals surface area contributed by atoms with Crippen LogP contribution in [0.15, 0.2) is 24.3 Å². The normalized spacial score (nSPS) is 13.0. The molecule has 0 heterocycles. The molecule has 0 saturated carbocycles. The Kier molecular flexibility index (Phi) is 48.3. The van der Waals surface area contributed by atoms with Crippen LogP contribution in [0.3, 0.4) is 0 Å². The van der Waals surface area contributed by atoms with Crippen LogP contribution in [0.5, 0.6) is 0 Å². The van der Waals surface area contributed by atoms with Crippen LogP contribution in [0, 0.1) is 0 Å². The van der Waals surface area contributed by atoms with Crippen molar-refractivity contribution in [1.29, 1.82) is 0 Å². The maximum atomic E-state index is 12.4. The Morgan fingerprint density at radius 3 is 1.02 bits per heavy atom. The molecule has 3 N–H and O–H groups in total. The van der Waals surface area contributed by atoms with Crippen LogP contribution >= 0.6 is 0 Å². The first-order valence-electron chi connectivity index (χ1n) is 26.1. The van der Waals surface area contributed by atoms with Crippen molar-refractivity contribution >= 4 is 5.91 Å². The molecule has 0 bridgehead atoms. The van der Waals surface area contributed by atoms with Gasteiger partial charge in [0.1, 0.15) is 0 Å². The van der Waals surface area contributed by atoms with Gasteiger partial charge in [0.2, 0.25) is 5.91 Å². The van der Waals surface area contributed by atoms with Crippen molar-refractivity contribution in [3.63, 3.8) is 0 Å². The minimum absolute atomic E-state index is 0.0679. The number of amides is 1. The molecule has 4 heteroatoms. The summed E-state index contributed by atoms with van der Waals surface area (Å²) in [6.45, 7) is 4.32. The molecule has 0 fully saturated rings. The average molecular weight is 802 g/mol. The fourth-order valence-corrected chi connectivity index (χ4v) is 8.20. The van der Waals surface area contributed by atoms with Crippen LogP contribution < -0.4 is 5.32 Å². The van der Waals surface area contributed by atoms with Gasteiger partial charge in [-0.1, -0.05) is 276 Å². The number of unbranched alkanes of at least 4 members (excludes halogenated alkanes) is 39. The van der Waals surface area contributed by atoms with E-state index < -0.39 is 12.1 Å². The molecule has 0 saturated heterocycles. The molecule has 0 aromatic carbocycles. The van der Waals surface area contributed by atoms with Crippen molar-refractivity contribution < 1.29 is 15.0 Å². The summed E-state index contributed by atoms with van der Waals surface area (Å²) in [6.07, 6.45) is 64.7. The number of nitrogens with one attached hydrogen (secondary N) is 1. The highest BCUT2D eigenvalue weighted by Gasteiger charge is 2.17. The van der Waals surface area contributed by atoms with Gasteiger partial charge in [-0.3, -0.25) is 4.79 Å². The van der Waals surface area contributed by atoms with E-state index in [2.05, 4.69) is 31.3 Å². The lowest BCUT2D eigenvalue weighted by Gasteiger charge is -2.19. The van der Waals surface area contributed by atoms with Crippen LogP contribution in [0.2, 0.25) is 0 Å². The van der Waals surface area contributed by atoms with E-state index in [1.807, 2.05) is 6.08 Å². The SMILES string of the molecule is CCCCCCCCCCCCC/C=C/CC/C=C/C(O)C(CO)NC(=O)CCCCCCCCCCCCCCCCCCCCCCCCCCCCCC. The number of rotatable bonds is 48. The van der Waals surface area contributed by atoms with E-state index in [1.54, 1.807) is 6.08 Å². The third-order valence-electron chi connectivity index (χ3n) is 12.2. The molecule has 0 rings (SSSR count). The van der Waals surface area contributed by atoms with Crippen LogP contribution in [0.4, 0.5) is 0 Å². The second kappa shape index (κ2) is 49.2. The number of carbonyl (C=O) groups is 1. The Balaban J connectivity index is 3.47. The molecule has 2 unspecified atom stereocenters. The topological polar surface area (TPSA) is 69.6 Å². The molecule has 57 heavy (non-hydrogen) atoms. The van der Waals surface area contributed by atoms with E-state index in [-0.39, 0.29) is 12.5 Å². The van der Waals surface area contributed by atoms with Crippen molar-refractivity contribution in [1.82, 2.24) is 5.32 Å². The summed E-state index contributed by atoms with van der Waals surface area (Å²) < 4.78 is 0. The van der Waals surface area contributed by atoms with Gasteiger partial charge in [0.25, 0.3) is 0 Å². The van der Waals surface area contributed by atoms with Crippen molar-refractivity contribution in [2.24, 2.45) is 0 Å². The number of aliphatic hydroxyl groups excluding tert-OH is 2. The molecule has 0 aliphatic carbocycles. The van der Waals surface area contributed by atoms with E-state index >= 15 is 0 Å². The second-order valence-electron chi connectivity index (χ2n) is 17.9. The predicted molar refractivity (Wildman–Crippen MR) is 253 cm³/mol. The van der Waals surface area contributed by atoms with E-state index in [9.17, 15) is 15.0 Å². The largest absolute Gasteiger partial charge is 0.394 e. The third kappa shape index (κ3) is 45.8. The number of hydrogen-bond acceptors (Lipinski definition) is 3. The molecule has 0 aromatic rings. The van der Waals surface area contributed by atoms with Gasteiger partial charge >= 0.3 is 0 Å². The Morgan fingerprint density at radius 1 is 0.404 bits per heavy atom. The predicted octanol–water partition coefficient (Wildman–Crippen LogP) is 16.8. The zero-order chi connectivity index (χ0) is 41.4. The number of hydrogen-bond donors (Lipinski definition) is 3. The number of carbonyl (C=O) groups excluding carboxylic acids is 1. The molecular weight excluding hydrogens is 699 g/mol. The first-order valence-corrected chi connectivity index (χ1v) is 26.1. The van der Waals surface area contributed by atoms with Gasteiger partial charge in [-0.15, -0.1) is 0 Å². The lowest BCUT2D eigenvalue weighted by molar-refractivity contribution is -0.123. The van der Waals surface area contributed by atoms with Gasteiger partial charge in [-0.25, -0.2) is 0 Å². The van der Waals surface area contributed by atoms with Crippen molar-refractivity contribution in [3.05, 3.63) is 24.3 Å². The van der Waals surface area contributed by atoms with Crippen molar-refractivity contribution in [3.8, 4) is 0 Å².